The van der Waals surface area contributed by atoms with Gasteiger partial charge in [-0.3, -0.25) is 14.0 Å². The van der Waals surface area contributed by atoms with E-state index in [4.69, 9.17) is 9.15 Å². The number of fused-ring (bicyclic) bond motifs is 2. The van der Waals surface area contributed by atoms with E-state index in [2.05, 4.69) is 9.98 Å². The van der Waals surface area contributed by atoms with Gasteiger partial charge in [-0.1, -0.05) is 6.07 Å². The molecule has 9 nitrogen and oxygen atoms in total. The molecule has 0 N–H and O–H groups in total. The van der Waals surface area contributed by atoms with Crippen molar-refractivity contribution in [3.05, 3.63) is 76.0 Å². The molecular formula is C22H20N4O5. The summed E-state index contributed by atoms with van der Waals surface area (Å²) in [6.07, 6.45) is 2.97. The van der Waals surface area contributed by atoms with Crippen LogP contribution >= 0.6 is 0 Å². The van der Waals surface area contributed by atoms with Crippen molar-refractivity contribution in [3.63, 3.8) is 0 Å². The van der Waals surface area contributed by atoms with Crippen LogP contribution in [-0.4, -0.2) is 32.4 Å². The maximum atomic E-state index is 13.2. The normalized spacial score (nSPS) is 12.1. The smallest absolute Gasteiger partial charge is 0.341 e. The van der Waals surface area contributed by atoms with E-state index in [1.54, 1.807) is 42.0 Å². The SMILES string of the molecule is CCOC(=O)c1cc2c(=O)n3ccccc3nc2n(C(C)C)c1=NC(=O)c1ccco1. The highest BCUT2D eigenvalue weighted by atomic mass is 16.5. The summed E-state index contributed by atoms with van der Waals surface area (Å²) in [5.74, 6) is -1.33. The monoisotopic (exact) mass is 420 g/mol. The van der Waals surface area contributed by atoms with Crippen molar-refractivity contribution in [1.82, 2.24) is 14.0 Å². The Balaban J connectivity index is 2.17. The number of amides is 1. The number of hydrogen-bond acceptors (Lipinski definition) is 6. The minimum absolute atomic E-state index is 0.00210. The van der Waals surface area contributed by atoms with Gasteiger partial charge >= 0.3 is 11.9 Å². The average molecular weight is 420 g/mol. The standard InChI is InChI=1S/C22H20N4O5/c1-4-30-22(29)15-12-14-18(23-17-9-5-6-10-25(17)21(14)28)26(13(2)3)19(15)24-20(27)16-8-7-11-31-16/h5-13H,4H2,1-3H3. The first-order chi connectivity index (χ1) is 14.9. The molecule has 0 radical (unpaired) electrons. The predicted molar refractivity (Wildman–Crippen MR) is 112 cm³/mol. The minimum atomic E-state index is -0.692. The highest BCUT2D eigenvalue weighted by Crippen LogP contribution is 2.15. The molecule has 31 heavy (non-hydrogen) atoms. The molecule has 0 aliphatic heterocycles. The largest absolute Gasteiger partial charge is 0.462 e. The molecule has 0 bridgehead atoms. The van der Waals surface area contributed by atoms with Crippen LogP contribution in [-0.2, 0) is 4.74 Å². The molecule has 0 spiro atoms. The molecule has 0 saturated heterocycles. The third-order valence-electron chi connectivity index (χ3n) is 4.69. The van der Waals surface area contributed by atoms with Crippen LogP contribution in [0.2, 0.25) is 0 Å². The van der Waals surface area contributed by atoms with Crippen molar-refractivity contribution in [2.24, 2.45) is 4.99 Å². The van der Waals surface area contributed by atoms with E-state index in [0.29, 0.717) is 11.3 Å². The lowest BCUT2D eigenvalue weighted by Crippen LogP contribution is -2.33. The summed E-state index contributed by atoms with van der Waals surface area (Å²) in [5, 5.41) is 0.213. The summed E-state index contributed by atoms with van der Waals surface area (Å²) in [4.78, 5) is 47.4. The van der Waals surface area contributed by atoms with Crippen LogP contribution < -0.4 is 11.0 Å². The zero-order valence-electron chi connectivity index (χ0n) is 17.2. The fourth-order valence-corrected chi connectivity index (χ4v) is 3.35. The minimum Gasteiger partial charge on any atom is -0.462 e. The molecular weight excluding hydrogens is 400 g/mol. The lowest BCUT2D eigenvalue weighted by molar-refractivity contribution is 0.0523. The molecule has 9 heteroatoms. The maximum Gasteiger partial charge on any atom is 0.341 e. The number of pyridine rings is 2. The van der Waals surface area contributed by atoms with Crippen molar-refractivity contribution in [3.8, 4) is 0 Å². The summed E-state index contributed by atoms with van der Waals surface area (Å²) in [7, 11) is 0. The maximum absolute atomic E-state index is 13.2. The molecule has 4 rings (SSSR count). The second kappa shape index (κ2) is 8.02. The number of nitrogens with zero attached hydrogens (tertiary/aromatic N) is 4. The Bertz CT molecular complexity index is 1430. The molecule has 0 aliphatic rings. The van der Waals surface area contributed by atoms with Gasteiger partial charge in [0.25, 0.3) is 5.56 Å². The van der Waals surface area contributed by atoms with Gasteiger partial charge in [0.2, 0.25) is 0 Å². The molecule has 0 unspecified atom stereocenters. The summed E-state index contributed by atoms with van der Waals surface area (Å²) < 4.78 is 13.3. The molecule has 1 amide bonds. The van der Waals surface area contributed by atoms with Crippen LogP contribution in [0.25, 0.3) is 16.7 Å². The first-order valence-corrected chi connectivity index (χ1v) is 9.78. The van der Waals surface area contributed by atoms with Crippen LogP contribution in [0.15, 0.2) is 63.1 Å². The van der Waals surface area contributed by atoms with Gasteiger partial charge in [-0.15, -0.1) is 0 Å². The second-order valence-corrected chi connectivity index (χ2v) is 7.04. The van der Waals surface area contributed by atoms with Crippen LogP contribution in [0, 0.1) is 0 Å². The van der Waals surface area contributed by atoms with Crippen LogP contribution in [0.3, 0.4) is 0 Å². The van der Waals surface area contributed by atoms with E-state index < -0.39 is 11.9 Å². The second-order valence-electron chi connectivity index (χ2n) is 7.04. The molecule has 0 aliphatic carbocycles. The fourth-order valence-electron chi connectivity index (χ4n) is 3.35. The number of carbonyl (C=O) groups excluding carboxylic acids is 2. The highest BCUT2D eigenvalue weighted by Gasteiger charge is 2.21. The van der Waals surface area contributed by atoms with Crippen molar-refractivity contribution in [2.75, 3.05) is 6.61 Å². The Hall–Kier alpha value is -4.01. The van der Waals surface area contributed by atoms with Crippen molar-refractivity contribution < 1.29 is 18.7 Å². The van der Waals surface area contributed by atoms with Gasteiger partial charge in [-0.05, 0) is 51.1 Å². The number of carbonyl (C=O) groups is 2. The van der Waals surface area contributed by atoms with E-state index in [0.717, 1.165) is 0 Å². The van der Waals surface area contributed by atoms with Crippen molar-refractivity contribution in [2.45, 2.75) is 26.8 Å². The van der Waals surface area contributed by atoms with E-state index in [9.17, 15) is 14.4 Å². The van der Waals surface area contributed by atoms with E-state index in [1.807, 2.05) is 13.8 Å². The number of rotatable bonds is 4. The Morgan fingerprint density at radius 3 is 2.71 bits per heavy atom. The van der Waals surface area contributed by atoms with Crippen LogP contribution in [0.5, 0.6) is 0 Å². The molecule has 4 heterocycles. The first-order valence-electron chi connectivity index (χ1n) is 9.78. The molecule has 0 fully saturated rings. The van der Waals surface area contributed by atoms with Gasteiger partial charge in [0.1, 0.15) is 16.9 Å². The van der Waals surface area contributed by atoms with Gasteiger partial charge in [0.15, 0.2) is 11.2 Å². The number of esters is 1. The van der Waals surface area contributed by atoms with Gasteiger partial charge < -0.3 is 13.7 Å². The summed E-state index contributed by atoms with van der Waals surface area (Å²) in [6.45, 7) is 5.49. The fraction of sp³-hybridized carbons (Fsp3) is 0.227. The number of ether oxygens (including phenoxy) is 1. The highest BCUT2D eigenvalue weighted by molar-refractivity contribution is 5.95. The van der Waals surface area contributed by atoms with E-state index >= 15 is 0 Å². The van der Waals surface area contributed by atoms with E-state index in [-0.39, 0.29) is 40.4 Å². The Kier molecular flexibility index (Phi) is 5.24. The molecule has 158 valence electrons. The third-order valence-corrected chi connectivity index (χ3v) is 4.69. The first kappa shape index (κ1) is 20.3. The van der Waals surface area contributed by atoms with Crippen LogP contribution in [0.1, 0.15) is 47.7 Å². The van der Waals surface area contributed by atoms with E-state index in [1.165, 1.54) is 22.8 Å². The number of furan rings is 1. The molecule has 4 aromatic heterocycles. The Labute approximate surface area is 176 Å². The summed E-state index contributed by atoms with van der Waals surface area (Å²) in [5.41, 5.74) is 0.448. The predicted octanol–water partition coefficient (Wildman–Crippen LogP) is 2.74. The van der Waals surface area contributed by atoms with Crippen molar-refractivity contribution in [1.29, 1.82) is 0 Å². The zero-order chi connectivity index (χ0) is 22.1. The zero-order valence-corrected chi connectivity index (χ0v) is 17.2. The van der Waals surface area contributed by atoms with Crippen molar-refractivity contribution >= 4 is 28.6 Å². The van der Waals surface area contributed by atoms with Gasteiger partial charge in [-0.25, -0.2) is 9.78 Å². The quantitative estimate of drug-likeness (QED) is 0.371. The number of aromatic nitrogens is 3. The van der Waals surface area contributed by atoms with Gasteiger partial charge in [-0.2, -0.15) is 4.99 Å². The van der Waals surface area contributed by atoms with Gasteiger partial charge in [0.05, 0.1) is 18.3 Å². The Morgan fingerprint density at radius 1 is 1.23 bits per heavy atom. The molecule has 0 saturated carbocycles. The average Bonchev–Trinajstić information content (AvgIpc) is 3.28. The molecule has 4 aromatic rings. The summed E-state index contributed by atoms with van der Waals surface area (Å²) >= 11 is 0. The summed E-state index contributed by atoms with van der Waals surface area (Å²) in [6, 6.07) is 9.35. The molecule has 0 atom stereocenters. The lowest BCUT2D eigenvalue weighted by atomic mass is 10.2. The number of hydrogen-bond donors (Lipinski definition) is 0. The van der Waals surface area contributed by atoms with Gasteiger partial charge in [0, 0.05) is 12.2 Å². The third kappa shape index (κ3) is 3.54. The lowest BCUT2D eigenvalue weighted by Gasteiger charge is -2.17. The Morgan fingerprint density at radius 2 is 2.03 bits per heavy atom. The van der Waals surface area contributed by atoms with Crippen LogP contribution in [0.4, 0.5) is 0 Å². The molecule has 0 aromatic carbocycles. The topological polar surface area (TPSA) is 108 Å².